The van der Waals surface area contributed by atoms with Gasteiger partial charge >= 0.3 is 0 Å². The molecule has 0 aliphatic heterocycles. The van der Waals surface area contributed by atoms with Gasteiger partial charge in [-0.25, -0.2) is 4.98 Å². The van der Waals surface area contributed by atoms with E-state index in [9.17, 15) is 5.11 Å². The molecule has 0 amide bonds. The van der Waals surface area contributed by atoms with Crippen LogP contribution < -0.4 is 0 Å². The number of imidazole rings is 1. The number of benzene rings is 1. The third-order valence-electron chi connectivity index (χ3n) is 2.62. The molecule has 0 aliphatic carbocycles. The minimum Gasteiger partial charge on any atom is -0.506 e. The summed E-state index contributed by atoms with van der Waals surface area (Å²) in [5.74, 6) is 0.269. The summed E-state index contributed by atoms with van der Waals surface area (Å²) in [5, 5.41) is 9.82. The Morgan fingerprint density at radius 1 is 1.25 bits per heavy atom. The van der Waals surface area contributed by atoms with E-state index in [-0.39, 0.29) is 11.2 Å². The van der Waals surface area contributed by atoms with Crippen LogP contribution in [0.2, 0.25) is 0 Å². The number of nitrogens with zero attached hydrogens (tertiary/aromatic N) is 2. The molecule has 1 aromatic heterocycles. The number of aromatic hydroxyl groups is 1. The lowest BCUT2D eigenvalue weighted by Crippen LogP contribution is -2.11. The lowest BCUT2D eigenvalue weighted by atomic mass is 9.87. The first kappa shape index (κ1) is 10.7. The number of aromatic nitrogens is 2. The fourth-order valence-electron chi connectivity index (χ4n) is 1.60. The maximum Gasteiger partial charge on any atom is 0.139 e. The van der Waals surface area contributed by atoms with Gasteiger partial charge in [0.2, 0.25) is 0 Å². The second-order valence-electron chi connectivity index (χ2n) is 4.92. The Kier molecular flexibility index (Phi) is 2.46. The largest absolute Gasteiger partial charge is 0.506 e. The second kappa shape index (κ2) is 3.67. The molecular formula is C13H16N2O. The summed E-state index contributed by atoms with van der Waals surface area (Å²) in [4.78, 5) is 3.98. The summed E-state index contributed by atoms with van der Waals surface area (Å²) < 4.78 is 1.81. The van der Waals surface area contributed by atoms with E-state index in [2.05, 4.69) is 25.8 Å². The summed E-state index contributed by atoms with van der Waals surface area (Å²) in [6.07, 6.45) is 5.20. The zero-order chi connectivity index (χ0) is 11.8. The predicted octanol–water partition coefficient (Wildman–Crippen LogP) is 2.88. The lowest BCUT2D eigenvalue weighted by molar-refractivity contribution is 0.471. The van der Waals surface area contributed by atoms with Crippen LogP contribution in [0.4, 0.5) is 0 Å². The van der Waals surface area contributed by atoms with E-state index < -0.39 is 0 Å². The molecule has 1 heterocycles. The molecule has 0 aliphatic rings. The van der Waals surface area contributed by atoms with Gasteiger partial charge in [0.05, 0.1) is 12.0 Å². The van der Waals surface area contributed by atoms with E-state index in [1.54, 1.807) is 18.6 Å². The molecule has 1 N–H and O–H groups in total. The van der Waals surface area contributed by atoms with Crippen molar-refractivity contribution in [1.82, 2.24) is 9.55 Å². The van der Waals surface area contributed by atoms with Crippen molar-refractivity contribution in [2.45, 2.75) is 26.2 Å². The summed E-state index contributed by atoms with van der Waals surface area (Å²) in [6, 6.07) is 5.68. The van der Waals surface area contributed by atoms with Crippen molar-refractivity contribution in [1.29, 1.82) is 0 Å². The Balaban J connectivity index is 2.54. The molecule has 3 nitrogen and oxygen atoms in total. The highest BCUT2D eigenvalue weighted by Crippen LogP contribution is 2.29. The van der Waals surface area contributed by atoms with E-state index in [0.717, 1.165) is 5.69 Å². The first-order valence-corrected chi connectivity index (χ1v) is 5.30. The van der Waals surface area contributed by atoms with Crippen molar-refractivity contribution < 1.29 is 5.11 Å². The Hall–Kier alpha value is -1.77. The van der Waals surface area contributed by atoms with Crippen LogP contribution in [0.25, 0.3) is 5.69 Å². The van der Waals surface area contributed by atoms with Crippen molar-refractivity contribution >= 4 is 0 Å². The second-order valence-corrected chi connectivity index (χ2v) is 4.92. The van der Waals surface area contributed by atoms with Gasteiger partial charge in [-0.15, -0.1) is 0 Å². The van der Waals surface area contributed by atoms with Gasteiger partial charge in [0.1, 0.15) is 5.75 Å². The van der Waals surface area contributed by atoms with E-state index in [1.165, 1.54) is 5.56 Å². The average Bonchev–Trinajstić information content (AvgIpc) is 2.69. The van der Waals surface area contributed by atoms with Gasteiger partial charge in [0.25, 0.3) is 0 Å². The first-order chi connectivity index (χ1) is 7.48. The lowest BCUT2D eigenvalue weighted by Gasteiger charge is -2.20. The maximum absolute atomic E-state index is 9.82. The Labute approximate surface area is 95.4 Å². The predicted molar refractivity (Wildman–Crippen MR) is 63.9 cm³/mol. The molecular weight excluding hydrogens is 200 g/mol. The number of phenolic OH excluding ortho intramolecular Hbond substituents is 1. The molecule has 0 radical (unpaired) electrons. The third-order valence-corrected chi connectivity index (χ3v) is 2.62. The molecule has 2 rings (SSSR count). The monoisotopic (exact) mass is 216 g/mol. The highest BCUT2D eigenvalue weighted by atomic mass is 16.3. The molecule has 16 heavy (non-hydrogen) atoms. The molecule has 84 valence electrons. The van der Waals surface area contributed by atoms with Gasteiger partial charge in [-0.1, -0.05) is 26.8 Å². The van der Waals surface area contributed by atoms with Gasteiger partial charge < -0.3 is 9.67 Å². The number of hydrogen-bond donors (Lipinski definition) is 1. The molecule has 0 bridgehead atoms. The summed E-state index contributed by atoms with van der Waals surface area (Å²) in [7, 11) is 0. The quantitative estimate of drug-likeness (QED) is 0.796. The van der Waals surface area contributed by atoms with Gasteiger partial charge in [-0.05, 0) is 23.1 Å². The third kappa shape index (κ3) is 1.94. The molecule has 2 aromatic rings. The molecule has 1 aromatic carbocycles. The van der Waals surface area contributed by atoms with Gasteiger partial charge in [-0.2, -0.15) is 0 Å². The zero-order valence-corrected chi connectivity index (χ0v) is 9.81. The topological polar surface area (TPSA) is 38.0 Å². The van der Waals surface area contributed by atoms with Crippen LogP contribution in [0.1, 0.15) is 26.3 Å². The van der Waals surface area contributed by atoms with E-state index >= 15 is 0 Å². The van der Waals surface area contributed by atoms with Crippen molar-refractivity contribution in [3.8, 4) is 11.4 Å². The molecule has 0 fully saturated rings. The number of rotatable bonds is 1. The molecule has 0 saturated heterocycles. The fourth-order valence-corrected chi connectivity index (χ4v) is 1.60. The Morgan fingerprint density at radius 2 is 2.00 bits per heavy atom. The van der Waals surface area contributed by atoms with Gasteiger partial charge in [-0.3, -0.25) is 0 Å². The van der Waals surface area contributed by atoms with E-state index in [4.69, 9.17) is 0 Å². The minimum absolute atomic E-state index is 0.0725. The van der Waals surface area contributed by atoms with E-state index in [0.29, 0.717) is 0 Å². The summed E-state index contributed by atoms with van der Waals surface area (Å²) in [5.41, 5.74) is 2.03. The first-order valence-electron chi connectivity index (χ1n) is 5.30. The van der Waals surface area contributed by atoms with Crippen LogP contribution >= 0.6 is 0 Å². The molecule has 0 saturated carbocycles. The number of phenols is 1. The fraction of sp³-hybridized carbons (Fsp3) is 0.308. The molecule has 3 heteroatoms. The van der Waals surface area contributed by atoms with Crippen LogP contribution in [0, 0.1) is 0 Å². The summed E-state index contributed by atoms with van der Waals surface area (Å²) >= 11 is 0. The smallest absolute Gasteiger partial charge is 0.139 e. The molecule has 0 unspecified atom stereocenters. The Bertz CT molecular complexity index is 481. The van der Waals surface area contributed by atoms with Crippen LogP contribution in [-0.2, 0) is 5.41 Å². The minimum atomic E-state index is 0.0725. The van der Waals surface area contributed by atoms with Gasteiger partial charge in [0.15, 0.2) is 0 Å². The Morgan fingerprint density at radius 3 is 2.56 bits per heavy atom. The number of hydrogen-bond acceptors (Lipinski definition) is 2. The van der Waals surface area contributed by atoms with Crippen molar-refractivity contribution in [3.63, 3.8) is 0 Å². The van der Waals surface area contributed by atoms with Crippen molar-refractivity contribution in [3.05, 3.63) is 42.5 Å². The maximum atomic E-state index is 9.82. The summed E-state index contributed by atoms with van der Waals surface area (Å²) in [6.45, 7) is 6.45. The van der Waals surface area contributed by atoms with Crippen LogP contribution in [0.3, 0.4) is 0 Å². The van der Waals surface area contributed by atoms with Crippen LogP contribution in [0.15, 0.2) is 36.9 Å². The van der Waals surface area contributed by atoms with Crippen molar-refractivity contribution in [2.75, 3.05) is 0 Å². The normalized spacial score (nSPS) is 11.7. The molecule has 0 spiro atoms. The highest BCUT2D eigenvalue weighted by Gasteiger charge is 2.15. The van der Waals surface area contributed by atoms with Crippen LogP contribution in [-0.4, -0.2) is 14.7 Å². The highest BCUT2D eigenvalue weighted by molar-refractivity contribution is 5.49. The van der Waals surface area contributed by atoms with Gasteiger partial charge in [0, 0.05) is 12.4 Å². The van der Waals surface area contributed by atoms with Crippen LogP contribution in [0.5, 0.6) is 5.75 Å². The van der Waals surface area contributed by atoms with Crippen molar-refractivity contribution in [2.24, 2.45) is 0 Å². The van der Waals surface area contributed by atoms with E-state index in [1.807, 2.05) is 22.9 Å². The zero-order valence-electron chi connectivity index (χ0n) is 9.81. The SMILES string of the molecule is CC(C)(C)c1ccc(O)c(-n2ccnc2)c1. The molecule has 0 atom stereocenters. The standard InChI is InChI=1S/C13H16N2O/c1-13(2,3)10-4-5-12(16)11(8-10)15-7-6-14-9-15/h4-9,16H,1-3H3. The average molecular weight is 216 g/mol.